The van der Waals surface area contributed by atoms with Gasteiger partial charge in [0.2, 0.25) is 0 Å². The second kappa shape index (κ2) is 7.00. The van der Waals surface area contributed by atoms with Crippen LogP contribution in [0.4, 0.5) is 0 Å². The highest BCUT2D eigenvalue weighted by atomic mass is 16.2. The summed E-state index contributed by atoms with van der Waals surface area (Å²) in [4.78, 5) is 16.6. The first-order valence-corrected chi connectivity index (χ1v) is 9.39. The van der Waals surface area contributed by atoms with E-state index in [1.807, 2.05) is 50.4 Å². The Hall–Kier alpha value is -3.34. The molecule has 0 spiro atoms. The van der Waals surface area contributed by atoms with Gasteiger partial charge in [-0.2, -0.15) is 5.10 Å². The summed E-state index contributed by atoms with van der Waals surface area (Å²) in [5.74, 6) is -0.124. The minimum atomic E-state index is -0.283. The molecule has 2 N–H and O–H groups in total. The highest BCUT2D eigenvalue weighted by molar-refractivity contribution is 6.02. The lowest BCUT2D eigenvalue weighted by Crippen LogP contribution is -2.31. The standard InChI is InChI=1S/C23H24N4O/c1-14-12-15(2)20-18(13-14)16(3)21(25-20)23(28)26-22(17-8-6-5-7-9-17)19-10-11-24-27(19)4/h5-13,22,25H,1-4H3,(H,26,28)/t22-/m1/s1. The molecule has 0 aliphatic heterocycles. The number of carbonyl (C=O) groups excluding carboxylic acids is 1. The van der Waals surface area contributed by atoms with Gasteiger partial charge in [-0.25, -0.2) is 0 Å². The van der Waals surface area contributed by atoms with Crippen LogP contribution in [-0.4, -0.2) is 20.7 Å². The first-order chi connectivity index (χ1) is 13.5. The first-order valence-electron chi connectivity index (χ1n) is 9.39. The molecule has 0 radical (unpaired) electrons. The number of nitrogens with zero attached hydrogens (tertiary/aromatic N) is 2. The SMILES string of the molecule is Cc1cc(C)c2[nH]c(C(=O)N[C@H](c3ccccc3)c3ccnn3C)c(C)c2c1. The Morgan fingerprint density at radius 3 is 2.54 bits per heavy atom. The van der Waals surface area contributed by atoms with Crippen LogP contribution < -0.4 is 5.32 Å². The van der Waals surface area contributed by atoms with Gasteiger partial charge in [0, 0.05) is 24.1 Å². The molecule has 1 atom stereocenters. The average Bonchev–Trinajstić information content (AvgIpc) is 3.24. The molecule has 2 heterocycles. The summed E-state index contributed by atoms with van der Waals surface area (Å²) in [5.41, 5.74) is 6.87. The maximum Gasteiger partial charge on any atom is 0.268 e. The zero-order chi connectivity index (χ0) is 19.8. The first kappa shape index (κ1) is 18.0. The van der Waals surface area contributed by atoms with Crippen molar-refractivity contribution in [1.82, 2.24) is 20.1 Å². The molecule has 2 aromatic heterocycles. The van der Waals surface area contributed by atoms with E-state index in [4.69, 9.17) is 0 Å². The van der Waals surface area contributed by atoms with Gasteiger partial charge < -0.3 is 10.3 Å². The predicted molar refractivity (Wildman–Crippen MR) is 111 cm³/mol. The Morgan fingerprint density at radius 1 is 1.11 bits per heavy atom. The third-order valence-corrected chi connectivity index (χ3v) is 5.30. The number of carbonyl (C=O) groups is 1. The summed E-state index contributed by atoms with van der Waals surface area (Å²) in [6, 6.07) is 15.9. The number of hydrogen-bond acceptors (Lipinski definition) is 2. The predicted octanol–water partition coefficient (Wildman–Crippen LogP) is 4.35. The number of nitrogens with one attached hydrogen (secondary N) is 2. The molecule has 5 heteroatoms. The Balaban J connectivity index is 1.75. The highest BCUT2D eigenvalue weighted by Crippen LogP contribution is 2.27. The van der Waals surface area contributed by atoms with E-state index in [2.05, 4.69) is 41.4 Å². The molecule has 0 bridgehead atoms. The number of hydrogen-bond donors (Lipinski definition) is 2. The number of aromatic nitrogens is 3. The van der Waals surface area contributed by atoms with Crippen molar-refractivity contribution in [3.63, 3.8) is 0 Å². The highest BCUT2D eigenvalue weighted by Gasteiger charge is 2.23. The van der Waals surface area contributed by atoms with Gasteiger partial charge in [0.1, 0.15) is 5.69 Å². The van der Waals surface area contributed by atoms with Crippen molar-refractivity contribution >= 4 is 16.8 Å². The molecule has 0 saturated carbocycles. The normalized spacial score (nSPS) is 12.3. The van der Waals surface area contributed by atoms with Crippen molar-refractivity contribution in [3.8, 4) is 0 Å². The summed E-state index contributed by atoms with van der Waals surface area (Å²) < 4.78 is 1.80. The van der Waals surface area contributed by atoms with Crippen molar-refractivity contribution in [2.45, 2.75) is 26.8 Å². The van der Waals surface area contributed by atoms with Crippen LogP contribution in [0.2, 0.25) is 0 Å². The number of aromatic amines is 1. The minimum absolute atomic E-state index is 0.124. The number of aryl methyl sites for hydroxylation is 4. The van der Waals surface area contributed by atoms with Crippen LogP contribution in [0.5, 0.6) is 0 Å². The van der Waals surface area contributed by atoms with Gasteiger partial charge in [0.25, 0.3) is 5.91 Å². The lowest BCUT2D eigenvalue weighted by Gasteiger charge is -2.19. The smallest absolute Gasteiger partial charge is 0.268 e. The molecule has 142 valence electrons. The summed E-state index contributed by atoms with van der Waals surface area (Å²) in [5, 5.41) is 8.57. The zero-order valence-corrected chi connectivity index (χ0v) is 16.6. The third-order valence-electron chi connectivity index (χ3n) is 5.30. The van der Waals surface area contributed by atoms with E-state index < -0.39 is 0 Å². The van der Waals surface area contributed by atoms with E-state index in [9.17, 15) is 4.79 Å². The molecular formula is C23H24N4O. The van der Waals surface area contributed by atoms with E-state index in [0.29, 0.717) is 5.69 Å². The minimum Gasteiger partial charge on any atom is -0.350 e. The second-order valence-electron chi connectivity index (χ2n) is 7.33. The van der Waals surface area contributed by atoms with Gasteiger partial charge in [-0.05, 0) is 49.6 Å². The molecule has 4 rings (SSSR count). The Kier molecular flexibility index (Phi) is 4.51. The molecule has 2 aromatic carbocycles. The lowest BCUT2D eigenvalue weighted by molar-refractivity contribution is 0.0937. The van der Waals surface area contributed by atoms with E-state index in [1.165, 1.54) is 5.56 Å². The van der Waals surface area contributed by atoms with Gasteiger partial charge in [0.05, 0.1) is 11.7 Å². The molecule has 0 fully saturated rings. The van der Waals surface area contributed by atoms with E-state index in [0.717, 1.165) is 33.3 Å². The van der Waals surface area contributed by atoms with Gasteiger partial charge >= 0.3 is 0 Å². The molecule has 0 unspecified atom stereocenters. The van der Waals surface area contributed by atoms with E-state index in [1.54, 1.807) is 10.9 Å². The summed E-state index contributed by atoms with van der Waals surface area (Å²) in [6.07, 6.45) is 1.75. The topological polar surface area (TPSA) is 62.7 Å². The van der Waals surface area contributed by atoms with Gasteiger partial charge in [-0.15, -0.1) is 0 Å². The number of rotatable bonds is 4. The third kappa shape index (κ3) is 3.09. The summed E-state index contributed by atoms with van der Waals surface area (Å²) in [7, 11) is 1.89. The van der Waals surface area contributed by atoms with Gasteiger partial charge in [-0.1, -0.05) is 42.0 Å². The van der Waals surface area contributed by atoms with Crippen LogP contribution in [0.3, 0.4) is 0 Å². The molecule has 5 nitrogen and oxygen atoms in total. The average molecular weight is 372 g/mol. The monoisotopic (exact) mass is 372 g/mol. The fourth-order valence-corrected chi connectivity index (χ4v) is 3.85. The summed E-state index contributed by atoms with van der Waals surface area (Å²) in [6.45, 7) is 6.13. The Labute approximate surface area is 164 Å². The van der Waals surface area contributed by atoms with Crippen molar-refractivity contribution in [2.24, 2.45) is 7.05 Å². The maximum absolute atomic E-state index is 13.2. The number of amides is 1. The fraction of sp³-hybridized carbons (Fsp3) is 0.217. The molecule has 0 aliphatic rings. The van der Waals surface area contributed by atoms with E-state index in [-0.39, 0.29) is 11.9 Å². The van der Waals surface area contributed by atoms with Crippen molar-refractivity contribution in [1.29, 1.82) is 0 Å². The van der Waals surface area contributed by atoms with Crippen molar-refractivity contribution < 1.29 is 4.79 Å². The molecule has 4 aromatic rings. The number of H-pyrrole nitrogens is 1. The zero-order valence-electron chi connectivity index (χ0n) is 16.6. The fourth-order valence-electron chi connectivity index (χ4n) is 3.85. The van der Waals surface area contributed by atoms with Gasteiger partial charge in [-0.3, -0.25) is 9.48 Å². The van der Waals surface area contributed by atoms with Crippen LogP contribution in [-0.2, 0) is 7.05 Å². The van der Waals surface area contributed by atoms with Crippen LogP contribution in [0.25, 0.3) is 10.9 Å². The molecule has 28 heavy (non-hydrogen) atoms. The second-order valence-corrected chi connectivity index (χ2v) is 7.33. The maximum atomic E-state index is 13.2. The van der Waals surface area contributed by atoms with Crippen LogP contribution in [0.15, 0.2) is 54.7 Å². The quantitative estimate of drug-likeness (QED) is 0.559. The Bertz CT molecular complexity index is 1150. The van der Waals surface area contributed by atoms with Crippen LogP contribution in [0.1, 0.15) is 44.5 Å². The molecule has 0 aliphatic carbocycles. The molecule has 0 saturated heterocycles. The molecular weight excluding hydrogens is 348 g/mol. The van der Waals surface area contributed by atoms with E-state index >= 15 is 0 Å². The van der Waals surface area contributed by atoms with Crippen LogP contribution >= 0.6 is 0 Å². The number of fused-ring (bicyclic) bond motifs is 1. The lowest BCUT2D eigenvalue weighted by atomic mass is 10.0. The van der Waals surface area contributed by atoms with Crippen LogP contribution in [0, 0.1) is 20.8 Å². The Morgan fingerprint density at radius 2 is 1.86 bits per heavy atom. The van der Waals surface area contributed by atoms with Crippen molar-refractivity contribution in [3.05, 3.63) is 88.4 Å². The molecule has 1 amide bonds. The van der Waals surface area contributed by atoms with Gasteiger partial charge in [0.15, 0.2) is 0 Å². The largest absolute Gasteiger partial charge is 0.350 e. The summed E-state index contributed by atoms with van der Waals surface area (Å²) >= 11 is 0. The van der Waals surface area contributed by atoms with Crippen molar-refractivity contribution in [2.75, 3.05) is 0 Å². The number of benzene rings is 2.